The lowest BCUT2D eigenvalue weighted by Gasteiger charge is -2.10. The number of benzene rings is 1. The lowest BCUT2D eigenvalue weighted by molar-refractivity contribution is 0.394. The van der Waals surface area contributed by atoms with Crippen LogP contribution in [0.3, 0.4) is 0 Å². The summed E-state index contributed by atoms with van der Waals surface area (Å²) in [6.45, 7) is 1.93. The zero-order valence-electron chi connectivity index (χ0n) is 12.1. The van der Waals surface area contributed by atoms with Gasteiger partial charge in [-0.2, -0.15) is 0 Å². The van der Waals surface area contributed by atoms with Crippen LogP contribution in [0.4, 0.5) is 5.95 Å². The Labute approximate surface area is 122 Å². The van der Waals surface area contributed by atoms with Crippen molar-refractivity contribution in [3.05, 3.63) is 36.0 Å². The number of rotatable bonds is 3. The molecule has 0 spiro atoms. The van der Waals surface area contributed by atoms with Crippen LogP contribution in [-0.4, -0.2) is 28.8 Å². The van der Waals surface area contributed by atoms with Gasteiger partial charge in [0.1, 0.15) is 17.0 Å². The Morgan fingerprint density at radius 2 is 1.67 bits per heavy atom. The molecule has 0 unspecified atom stereocenters. The van der Waals surface area contributed by atoms with E-state index in [2.05, 4.69) is 9.97 Å². The molecule has 3 aromatic rings. The topological polar surface area (TPSA) is 75.2 Å². The fraction of sp³-hybridized carbons (Fsp3) is 0.200. The van der Waals surface area contributed by atoms with Crippen LogP contribution in [0.15, 0.2) is 30.3 Å². The lowest BCUT2D eigenvalue weighted by Crippen LogP contribution is -2.02. The van der Waals surface area contributed by atoms with E-state index in [1.807, 2.05) is 31.2 Å². The van der Waals surface area contributed by atoms with E-state index in [-0.39, 0.29) is 0 Å². The van der Waals surface area contributed by atoms with Gasteiger partial charge in [0, 0.05) is 23.9 Å². The van der Waals surface area contributed by atoms with Crippen molar-refractivity contribution in [1.82, 2.24) is 14.5 Å². The smallest absolute Gasteiger partial charge is 0.207 e. The Kier molecular flexibility index (Phi) is 3.13. The van der Waals surface area contributed by atoms with Crippen LogP contribution in [0.25, 0.3) is 16.9 Å². The van der Waals surface area contributed by atoms with E-state index in [0.717, 1.165) is 16.9 Å². The number of imidazole rings is 1. The number of methoxy groups -OCH3 is 2. The number of nitrogens with two attached hydrogens (primary N) is 1. The maximum Gasteiger partial charge on any atom is 0.207 e. The minimum Gasteiger partial charge on any atom is -0.497 e. The highest BCUT2D eigenvalue weighted by atomic mass is 16.5. The molecule has 2 heterocycles. The zero-order valence-corrected chi connectivity index (χ0v) is 12.1. The second kappa shape index (κ2) is 4.97. The van der Waals surface area contributed by atoms with Gasteiger partial charge in [0.15, 0.2) is 5.65 Å². The van der Waals surface area contributed by atoms with E-state index in [1.165, 1.54) is 0 Å². The maximum absolute atomic E-state index is 6.05. The Morgan fingerprint density at radius 3 is 2.29 bits per heavy atom. The number of pyridine rings is 1. The van der Waals surface area contributed by atoms with Gasteiger partial charge in [0.25, 0.3) is 0 Å². The van der Waals surface area contributed by atoms with Crippen molar-refractivity contribution in [2.24, 2.45) is 0 Å². The van der Waals surface area contributed by atoms with Crippen LogP contribution in [0.1, 0.15) is 5.69 Å². The highest BCUT2D eigenvalue weighted by molar-refractivity contribution is 5.77. The summed E-state index contributed by atoms with van der Waals surface area (Å²) >= 11 is 0. The molecular formula is C15H16N4O2. The van der Waals surface area contributed by atoms with Crippen molar-refractivity contribution in [3.63, 3.8) is 0 Å². The molecule has 0 atom stereocenters. The van der Waals surface area contributed by atoms with Gasteiger partial charge < -0.3 is 15.2 Å². The number of aromatic nitrogens is 3. The summed E-state index contributed by atoms with van der Waals surface area (Å²) in [7, 11) is 3.21. The molecule has 108 valence electrons. The largest absolute Gasteiger partial charge is 0.497 e. The van der Waals surface area contributed by atoms with Crippen molar-refractivity contribution in [3.8, 4) is 17.2 Å². The highest BCUT2D eigenvalue weighted by Crippen LogP contribution is 2.29. The summed E-state index contributed by atoms with van der Waals surface area (Å²) in [4.78, 5) is 8.86. The number of ether oxygens (including phenoxy) is 2. The zero-order chi connectivity index (χ0) is 15.0. The standard InChI is InChI=1S/C15H16N4O2/c1-9-4-5-13-14(17-9)19(15(16)18-13)10-6-11(20-2)8-12(7-10)21-3/h4-8H,1-3H3,(H2,16,18). The van der Waals surface area contributed by atoms with E-state index < -0.39 is 0 Å². The predicted molar refractivity (Wildman–Crippen MR) is 81.1 cm³/mol. The molecular weight excluding hydrogens is 268 g/mol. The van der Waals surface area contributed by atoms with Gasteiger partial charge in [0.05, 0.1) is 19.9 Å². The van der Waals surface area contributed by atoms with Crippen molar-refractivity contribution in [2.75, 3.05) is 20.0 Å². The molecule has 6 nitrogen and oxygen atoms in total. The molecule has 1 aromatic carbocycles. The van der Waals surface area contributed by atoms with Gasteiger partial charge in [-0.1, -0.05) is 0 Å². The third-order valence-electron chi connectivity index (χ3n) is 3.26. The van der Waals surface area contributed by atoms with Gasteiger partial charge in [-0.05, 0) is 19.1 Å². The van der Waals surface area contributed by atoms with Gasteiger partial charge in [-0.15, -0.1) is 0 Å². The van der Waals surface area contributed by atoms with Crippen LogP contribution >= 0.6 is 0 Å². The monoisotopic (exact) mass is 284 g/mol. The molecule has 0 aliphatic rings. The normalized spacial score (nSPS) is 10.8. The van der Waals surface area contributed by atoms with Gasteiger partial charge in [-0.25, -0.2) is 9.97 Å². The number of nitrogen functional groups attached to an aromatic ring is 1. The molecule has 2 aromatic heterocycles. The average Bonchev–Trinajstić information content (AvgIpc) is 2.81. The van der Waals surface area contributed by atoms with Crippen LogP contribution in [0.2, 0.25) is 0 Å². The molecule has 21 heavy (non-hydrogen) atoms. The van der Waals surface area contributed by atoms with Crippen LogP contribution in [0.5, 0.6) is 11.5 Å². The highest BCUT2D eigenvalue weighted by Gasteiger charge is 2.13. The number of anilines is 1. The van der Waals surface area contributed by atoms with E-state index in [4.69, 9.17) is 15.2 Å². The molecule has 0 saturated carbocycles. The SMILES string of the molecule is COc1cc(OC)cc(-n2c(N)nc3ccc(C)nc32)c1. The number of nitrogens with zero attached hydrogens (tertiary/aromatic N) is 3. The van der Waals surface area contributed by atoms with Gasteiger partial charge in [0.2, 0.25) is 5.95 Å². The second-order valence-corrected chi connectivity index (χ2v) is 4.67. The number of hydrogen-bond acceptors (Lipinski definition) is 5. The van der Waals surface area contributed by atoms with Crippen molar-refractivity contribution >= 4 is 17.1 Å². The summed E-state index contributed by atoms with van der Waals surface area (Å²) in [5.74, 6) is 1.73. The molecule has 3 rings (SSSR count). The van der Waals surface area contributed by atoms with Crippen LogP contribution < -0.4 is 15.2 Å². The summed E-state index contributed by atoms with van der Waals surface area (Å²) in [6, 6.07) is 9.35. The molecule has 0 aliphatic carbocycles. The molecule has 0 saturated heterocycles. The Bertz CT molecular complexity index is 789. The Hall–Kier alpha value is -2.76. The number of fused-ring (bicyclic) bond motifs is 1. The fourth-order valence-corrected chi connectivity index (χ4v) is 2.25. The third-order valence-corrected chi connectivity index (χ3v) is 3.26. The Morgan fingerprint density at radius 1 is 1.00 bits per heavy atom. The van der Waals surface area contributed by atoms with E-state index in [1.54, 1.807) is 24.9 Å². The third kappa shape index (κ3) is 2.24. The first-order valence-corrected chi connectivity index (χ1v) is 6.47. The predicted octanol–water partition coefficient (Wildman–Crippen LogP) is 2.33. The number of aryl methyl sites for hydroxylation is 1. The van der Waals surface area contributed by atoms with Crippen LogP contribution in [-0.2, 0) is 0 Å². The quantitative estimate of drug-likeness (QED) is 0.799. The minimum atomic E-state index is 0.374. The van der Waals surface area contributed by atoms with Crippen molar-refractivity contribution in [1.29, 1.82) is 0 Å². The minimum absolute atomic E-state index is 0.374. The lowest BCUT2D eigenvalue weighted by atomic mass is 10.2. The molecule has 0 aliphatic heterocycles. The molecule has 0 fully saturated rings. The van der Waals surface area contributed by atoms with E-state index in [9.17, 15) is 0 Å². The van der Waals surface area contributed by atoms with Crippen molar-refractivity contribution < 1.29 is 9.47 Å². The van der Waals surface area contributed by atoms with Gasteiger partial charge in [-0.3, -0.25) is 4.57 Å². The molecule has 0 bridgehead atoms. The first kappa shape index (κ1) is 13.2. The van der Waals surface area contributed by atoms with E-state index >= 15 is 0 Å². The molecule has 2 N–H and O–H groups in total. The van der Waals surface area contributed by atoms with Crippen LogP contribution in [0, 0.1) is 6.92 Å². The maximum atomic E-state index is 6.05. The van der Waals surface area contributed by atoms with Crippen molar-refractivity contribution in [2.45, 2.75) is 6.92 Å². The summed E-state index contributed by atoms with van der Waals surface area (Å²) in [6.07, 6.45) is 0. The van der Waals surface area contributed by atoms with Gasteiger partial charge >= 0.3 is 0 Å². The molecule has 0 amide bonds. The molecule has 0 radical (unpaired) electrons. The first-order chi connectivity index (χ1) is 10.1. The summed E-state index contributed by atoms with van der Waals surface area (Å²) in [5, 5.41) is 0. The average molecular weight is 284 g/mol. The fourth-order valence-electron chi connectivity index (χ4n) is 2.25. The number of hydrogen-bond donors (Lipinski definition) is 1. The summed E-state index contributed by atoms with van der Waals surface area (Å²) < 4.78 is 12.4. The van der Waals surface area contributed by atoms with E-state index in [0.29, 0.717) is 23.1 Å². The first-order valence-electron chi connectivity index (χ1n) is 6.47. The second-order valence-electron chi connectivity index (χ2n) is 4.67. The molecule has 6 heteroatoms. The Balaban J connectivity index is 2.29. The summed E-state index contributed by atoms with van der Waals surface area (Å²) in [5.41, 5.74) is 9.21.